The Balaban J connectivity index is 1.00. The van der Waals surface area contributed by atoms with Crippen molar-refractivity contribution in [1.29, 1.82) is 0 Å². The molecule has 8 rings (SSSR count). The van der Waals surface area contributed by atoms with Gasteiger partial charge in [-0.15, -0.1) is 5.10 Å². The van der Waals surface area contributed by atoms with Crippen LogP contribution in [0.3, 0.4) is 0 Å². The number of aliphatic hydroxyl groups excluding tert-OH is 5. The van der Waals surface area contributed by atoms with Gasteiger partial charge in [0, 0.05) is 43.6 Å². The van der Waals surface area contributed by atoms with Gasteiger partial charge in [-0.1, -0.05) is 74.6 Å². The highest BCUT2D eigenvalue weighted by Gasteiger charge is 2.54. The number of non-ortho nitro benzene ring substituents is 1. The van der Waals surface area contributed by atoms with E-state index in [2.05, 4.69) is 16.4 Å². The Hall–Kier alpha value is -5.07. The molecule has 2 saturated heterocycles. The number of fused-ring (bicyclic) bond motifs is 1. The van der Waals surface area contributed by atoms with Crippen molar-refractivity contribution in [3.8, 4) is 0 Å². The van der Waals surface area contributed by atoms with E-state index >= 15 is 0 Å². The normalized spacial score (nSPS) is 32.1. The number of nitro benzene ring substituents is 1. The number of esters is 1. The molecule has 6 N–H and O–H groups in total. The number of carboxylic acids is 1. The molecule has 2 aromatic carbocycles. The second-order valence-electron chi connectivity index (χ2n) is 20.3. The second-order valence-corrected chi connectivity index (χ2v) is 20.3. The van der Waals surface area contributed by atoms with Crippen LogP contribution in [0.2, 0.25) is 0 Å². The Bertz CT molecular complexity index is 2400. The number of Topliss-reactive ketones (excluding diaryl/α,β-unsaturated/α-hetero) is 1. The molecule has 0 spiro atoms. The van der Waals surface area contributed by atoms with Gasteiger partial charge in [0.05, 0.1) is 41.1 Å². The van der Waals surface area contributed by atoms with Gasteiger partial charge in [-0.3, -0.25) is 19.6 Å². The van der Waals surface area contributed by atoms with Gasteiger partial charge in [-0.2, -0.15) is 0 Å². The predicted octanol–water partition coefficient (Wildman–Crippen LogP) is 3.86. The number of aliphatic hydroxyl groups is 5. The molecule has 3 heterocycles. The maximum atomic E-state index is 14.3. The summed E-state index contributed by atoms with van der Waals surface area (Å²) in [6.07, 6.45) is -7.56. The summed E-state index contributed by atoms with van der Waals surface area (Å²) in [5.41, 5.74) is 3.74. The fraction of sp³-hybridized carbons (Fsp3) is 0.635. The number of allylic oxidation sites excluding steroid dienone is 2. The molecule has 5 aliphatic rings. The van der Waals surface area contributed by atoms with Crippen LogP contribution in [-0.2, 0) is 57.4 Å². The van der Waals surface area contributed by atoms with E-state index in [-0.39, 0.29) is 55.1 Å². The Labute approximate surface area is 422 Å². The maximum absolute atomic E-state index is 14.3. The Morgan fingerprint density at radius 1 is 0.890 bits per heavy atom. The Kier molecular flexibility index (Phi) is 18.2. The van der Waals surface area contributed by atoms with E-state index in [1.165, 1.54) is 25.1 Å². The van der Waals surface area contributed by atoms with E-state index in [1.807, 2.05) is 0 Å². The molecule has 398 valence electrons. The van der Waals surface area contributed by atoms with E-state index in [4.69, 9.17) is 28.4 Å². The molecule has 15 atom stereocenters. The van der Waals surface area contributed by atoms with Crippen LogP contribution in [0.25, 0.3) is 5.57 Å². The summed E-state index contributed by atoms with van der Waals surface area (Å²) in [7, 11) is 0. The lowest BCUT2D eigenvalue weighted by Gasteiger charge is -2.48. The smallest absolute Gasteiger partial charge is 0.338 e. The van der Waals surface area contributed by atoms with Crippen molar-refractivity contribution in [2.45, 2.75) is 184 Å². The van der Waals surface area contributed by atoms with E-state index in [9.17, 15) is 55.1 Å². The van der Waals surface area contributed by atoms with Gasteiger partial charge in [0.1, 0.15) is 42.4 Å². The first-order chi connectivity index (χ1) is 35.1. The average molecular weight is 1020 g/mol. The lowest BCUT2D eigenvalue weighted by molar-refractivity contribution is -0.384. The van der Waals surface area contributed by atoms with Crippen molar-refractivity contribution in [3.05, 3.63) is 93.3 Å². The first kappa shape index (κ1) is 54.2. The molecule has 21 nitrogen and oxygen atoms in total. The molecule has 0 amide bonds. The van der Waals surface area contributed by atoms with Crippen LogP contribution < -0.4 is 0 Å². The fourth-order valence-corrected chi connectivity index (χ4v) is 11.0. The van der Waals surface area contributed by atoms with E-state index in [1.54, 1.807) is 48.1 Å². The molecular formula is C52H68N4O17. The molecule has 2 aliphatic heterocycles. The minimum Gasteiger partial charge on any atom is -0.479 e. The van der Waals surface area contributed by atoms with Crippen LogP contribution >= 0.6 is 0 Å². The summed E-state index contributed by atoms with van der Waals surface area (Å²) in [5, 5.41) is 85.0. The standard InChI is InChI=1S/C52H68N4O17/c1-28-22-34(38(58)20-18-35-26-55(54-53-35)21-9-14-31-15-16-32-17-19-36(56(66)67)25-37(31)32)24-39(46(28)73-51-45(62)44(61)42(59)29(2)68-51)70-52-48(72-50(65)33-12-7-4-8-13-33)47(43(60)41(27-57)71-52)69-40(49(63)64)23-30-10-5-3-6-11-30/h4,7-8,12-13,15,17,19,25-26,28-30,34,39-48,51-52,57,59-62H,3,5-6,9-11,14,16,18,20-24,27H2,1-2H3,(H,63,64)/t28?,29?,34?,39-,40+,41+,42-,43+,44+,45?,46-,47?,48?,51+,52-/m1/s1. The van der Waals surface area contributed by atoms with Gasteiger partial charge in [-0.05, 0) is 86.1 Å². The number of ketones is 1. The highest BCUT2D eigenvalue weighted by molar-refractivity contribution is 5.89. The van der Waals surface area contributed by atoms with Crippen molar-refractivity contribution in [1.82, 2.24) is 15.0 Å². The van der Waals surface area contributed by atoms with Crippen molar-refractivity contribution in [2.24, 2.45) is 17.8 Å². The number of carbonyl (C=O) groups is 3. The van der Waals surface area contributed by atoms with Crippen LogP contribution in [0.4, 0.5) is 5.69 Å². The third-order valence-corrected chi connectivity index (χ3v) is 15.1. The minimum atomic E-state index is -1.70. The van der Waals surface area contributed by atoms with E-state index < -0.39 is 115 Å². The summed E-state index contributed by atoms with van der Waals surface area (Å²) in [5.74, 6) is -3.43. The van der Waals surface area contributed by atoms with Crippen molar-refractivity contribution < 1.29 is 78.4 Å². The molecule has 0 bridgehead atoms. The third-order valence-electron chi connectivity index (χ3n) is 15.1. The summed E-state index contributed by atoms with van der Waals surface area (Å²) in [4.78, 5) is 52.0. The number of hydrogen-bond acceptors (Lipinski definition) is 18. The first-order valence-electron chi connectivity index (χ1n) is 25.6. The van der Waals surface area contributed by atoms with Gasteiger partial charge in [0.2, 0.25) is 0 Å². The third kappa shape index (κ3) is 13.1. The van der Waals surface area contributed by atoms with Gasteiger partial charge < -0.3 is 59.1 Å². The van der Waals surface area contributed by atoms with Crippen LogP contribution in [0.5, 0.6) is 0 Å². The lowest BCUT2D eigenvalue weighted by atomic mass is 9.75. The number of benzene rings is 2. The van der Waals surface area contributed by atoms with Crippen LogP contribution in [-0.4, -0.2) is 155 Å². The zero-order valence-electron chi connectivity index (χ0n) is 41.1. The summed E-state index contributed by atoms with van der Waals surface area (Å²) in [6.45, 7) is 3.07. The number of aromatic nitrogens is 3. The molecule has 0 radical (unpaired) electrons. The van der Waals surface area contributed by atoms with Crippen LogP contribution in [0.15, 0.2) is 60.8 Å². The molecule has 3 aliphatic carbocycles. The maximum Gasteiger partial charge on any atom is 0.338 e. The molecule has 1 aromatic heterocycles. The Morgan fingerprint density at radius 2 is 1.66 bits per heavy atom. The van der Waals surface area contributed by atoms with Crippen LogP contribution in [0.1, 0.15) is 112 Å². The highest BCUT2D eigenvalue weighted by Crippen LogP contribution is 2.40. The quantitative estimate of drug-likeness (QED) is 0.0501. The van der Waals surface area contributed by atoms with Gasteiger partial charge in [0.25, 0.3) is 5.69 Å². The van der Waals surface area contributed by atoms with Gasteiger partial charge in [0.15, 0.2) is 24.8 Å². The predicted molar refractivity (Wildman–Crippen MR) is 256 cm³/mol. The molecule has 6 unspecified atom stereocenters. The van der Waals surface area contributed by atoms with Gasteiger partial charge >= 0.3 is 11.9 Å². The molecule has 4 fully saturated rings. The SMILES string of the molecule is CC1O[C@@H](O[C@@H]2C(C)CC(C(=O)CCc3cn(CCCC4=CCc5ccc([N+](=O)[O-])cc54)nn3)C[C@H]2O[C@@H]2O[C@@H](CO)[C@H](O)C(O[C@@H](CC3CCCCC3)C(=O)O)C2OC(=O)c2ccccc2)C(O)[C@@H](O)[C@@H]1O. The molecule has 73 heavy (non-hydrogen) atoms. The molecular weight excluding hydrogens is 953 g/mol. The van der Waals surface area contributed by atoms with Gasteiger partial charge in [-0.25, -0.2) is 9.59 Å². The lowest BCUT2D eigenvalue weighted by Crippen LogP contribution is -2.64. The summed E-state index contributed by atoms with van der Waals surface area (Å²) in [6, 6.07) is 12.9. The first-order valence-corrected chi connectivity index (χ1v) is 25.6. The molecule has 21 heteroatoms. The number of rotatable bonds is 21. The molecule has 2 saturated carbocycles. The number of carbonyl (C=O) groups excluding carboxylic acids is 2. The summed E-state index contributed by atoms with van der Waals surface area (Å²) >= 11 is 0. The number of aliphatic carboxylic acids is 1. The van der Waals surface area contributed by atoms with Crippen molar-refractivity contribution in [3.63, 3.8) is 0 Å². The minimum absolute atomic E-state index is 0.0112. The number of nitrogens with zero attached hydrogens (tertiary/aromatic N) is 4. The average Bonchev–Trinajstić information content (AvgIpc) is 4.03. The Morgan fingerprint density at radius 3 is 2.38 bits per heavy atom. The number of ether oxygens (including phenoxy) is 6. The second kappa shape index (κ2) is 24.5. The van der Waals surface area contributed by atoms with Crippen LogP contribution in [0, 0.1) is 27.9 Å². The number of hydrogen-bond donors (Lipinski definition) is 6. The fourth-order valence-electron chi connectivity index (χ4n) is 11.0. The van der Waals surface area contributed by atoms with E-state index in [0.29, 0.717) is 25.1 Å². The zero-order valence-corrected chi connectivity index (χ0v) is 41.1. The monoisotopic (exact) mass is 1020 g/mol. The largest absolute Gasteiger partial charge is 0.479 e. The van der Waals surface area contributed by atoms with Crippen molar-refractivity contribution >= 4 is 29.0 Å². The topological polar surface area (TPSA) is 302 Å². The number of nitro groups is 1. The van der Waals surface area contributed by atoms with Crippen molar-refractivity contribution in [2.75, 3.05) is 6.61 Å². The molecule has 3 aromatic rings. The van der Waals surface area contributed by atoms with E-state index in [0.717, 1.165) is 55.2 Å². The zero-order chi connectivity index (χ0) is 51.9. The number of carboxylic acid groups (broad SMARTS) is 1. The number of aryl methyl sites for hydroxylation is 2. The summed E-state index contributed by atoms with van der Waals surface area (Å²) < 4.78 is 39.2. The highest BCUT2D eigenvalue weighted by atomic mass is 16.7.